The average Bonchev–Trinajstić information content (AvgIpc) is 3.05. The molecule has 2 aliphatic carbocycles. The van der Waals surface area contributed by atoms with Gasteiger partial charge in [-0.2, -0.15) is 11.8 Å². The minimum Gasteiger partial charge on any atom is -0.394 e. The first kappa shape index (κ1) is 14.7. The third kappa shape index (κ3) is 3.88. The van der Waals surface area contributed by atoms with E-state index in [0.717, 1.165) is 5.92 Å². The van der Waals surface area contributed by atoms with Gasteiger partial charge in [0.25, 0.3) is 0 Å². The first-order chi connectivity index (χ1) is 8.66. The van der Waals surface area contributed by atoms with E-state index in [1.165, 1.54) is 50.0 Å². The highest BCUT2D eigenvalue weighted by molar-refractivity contribution is 7.99. The normalized spacial score (nSPS) is 32.3. The molecule has 2 N–H and O–H groups in total. The van der Waals surface area contributed by atoms with Crippen molar-refractivity contribution in [3.8, 4) is 0 Å². The van der Waals surface area contributed by atoms with Crippen molar-refractivity contribution < 1.29 is 5.11 Å². The van der Waals surface area contributed by atoms with Gasteiger partial charge in [-0.3, -0.25) is 0 Å². The highest BCUT2D eigenvalue weighted by Crippen LogP contribution is 2.40. The number of nitrogens with one attached hydrogen (secondary N) is 1. The maximum atomic E-state index is 9.84. The van der Waals surface area contributed by atoms with E-state index in [0.29, 0.717) is 18.6 Å². The summed E-state index contributed by atoms with van der Waals surface area (Å²) >= 11 is 2.08. The summed E-state index contributed by atoms with van der Waals surface area (Å²) in [5, 5.41) is 13.6. The van der Waals surface area contributed by atoms with Crippen LogP contribution in [0.5, 0.6) is 0 Å². The van der Waals surface area contributed by atoms with Crippen LogP contribution in [-0.4, -0.2) is 34.8 Å². The van der Waals surface area contributed by atoms with Gasteiger partial charge in [-0.25, -0.2) is 0 Å². The quantitative estimate of drug-likeness (QED) is 0.666. The molecular weight excluding hydrogens is 242 g/mol. The van der Waals surface area contributed by atoms with Crippen molar-refractivity contribution in [1.29, 1.82) is 0 Å². The first-order valence-electron chi connectivity index (χ1n) is 7.62. The molecule has 0 spiro atoms. The number of hydrogen-bond donors (Lipinski definition) is 2. The Labute approximate surface area is 116 Å². The lowest BCUT2D eigenvalue weighted by Gasteiger charge is -2.35. The molecule has 2 saturated carbocycles. The molecule has 2 unspecified atom stereocenters. The fourth-order valence-corrected chi connectivity index (χ4v) is 4.28. The molecule has 0 aromatic rings. The number of rotatable bonds is 8. The number of thioether (sulfide) groups is 1. The van der Waals surface area contributed by atoms with Crippen LogP contribution in [0.25, 0.3) is 0 Å². The second-order valence-electron chi connectivity index (χ2n) is 6.58. The Bertz CT molecular complexity index is 255. The molecule has 2 rings (SSSR count). The van der Waals surface area contributed by atoms with Crippen LogP contribution in [0.15, 0.2) is 0 Å². The van der Waals surface area contributed by atoms with Crippen molar-refractivity contribution >= 4 is 11.8 Å². The predicted molar refractivity (Wildman–Crippen MR) is 80.1 cm³/mol. The molecule has 0 aliphatic heterocycles. The zero-order valence-corrected chi connectivity index (χ0v) is 12.8. The van der Waals surface area contributed by atoms with Crippen molar-refractivity contribution in [3.63, 3.8) is 0 Å². The zero-order chi connectivity index (χ0) is 13.0. The highest BCUT2D eigenvalue weighted by atomic mass is 32.2. The topological polar surface area (TPSA) is 32.3 Å². The van der Waals surface area contributed by atoms with Crippen LogP contribution in [0.4, 0.5) is 0 Å². The van der Waals surface area contributed by atoms with Gasteiger partial charge in [0.15, 0.2) is 0 Å². The third-order valence-electron chi connectivity index (χ3n) is 4.37. The van der Waals surface area contributed by atoms with Crippen molar-refractivity contribution in [2.24, 2.45) is 11.8 Å². The van der Waals surface area contributed by atoms with Crippen molar-refractivity contribution in [3.05, 3.63) is 0 Å². The van der Waals surface area contributed by atoms with E-state index in [1.54, 1.807) is 0 Å². The molecule has 106 valence electrons. The van der Waals surface area contributed by atoms with Crippen LogP contribution in [0.2, 0.25) is 0 Å². The summed E-state index contributed by atoms with van der Waals surface area (Å²) in [4.78, 5) is 0. The van der Waals surface area contributed by atoms with Gasteiger partial charge in [-0.05, 0) is 55.4 Å². The summed E-state index contributed by atoms with van der Waals surface area (Å²) in [7, 11) is 0. The molecule has 0 amide bonds. The fourth-order valence-electron chi connectivity index (χ4n) is 3.19. The molecule has 18 heavy (non-hydrogen) atoms. The Morgan fingerprint density at radius 3 is 2.72 bits per heavy atom. The molecular formula is C15H29NOS. The Morgan fingerprint density at radius 2 is 2.11 bits per heavy atom. The van der Waals surface area contributed by atoms with E-state index in [4.69, 9.17) is 0 Å². The van der Waals surface area contributed by atoms with Gasteiger partial charge in [0, 0.05) is 11.6 Å². The highest BCUT2D eigenvalue weighted by Gasteiger charge is 2.44. The van der Waals surface area contributed by atoms with Gasteiger partial charge < -0.3 is 10.4 Å². The Balaban J connectivity index is 1.77. The molecule has 2 atom stereocenters. The minimum atomic E-state index is 0.0690. The lowest BCUT2D eigenvalue weighted by Crippen LogP contribution is -2.52. The van der Waals surface area contributed by atoms with Crippen LogP contribution >= 0.6 is 11.8 Å². The van der Waals surface area contributed by atoms with E-state index in [2.05, 4.69) is 30.9 Å². The molecule has 2 fully saturated rings. The molecule has 2 aliphatic rings. The maximum Gasteiger partial charge on any atom is 0.0616 e. The molecule has 3 heteroatoms. The van der Waals surface area contributed by atoms with Crippen LogP contribution in [0, 0.1) is 11.8 Å². The zero-order valence-electron chi connectivity index (χ0n) is 12.0. The SMILES string of the molecule is CC(C)CSCCC1CCCC1(CO)NC1CC1. The smallest absolute Gasteiger partial charge is 0.0616 e. The van der Waals surface area contributed by atoms with E-state index < -0.39 is 0 Å². The van der Waals surface area contributed by atoms with Gasteiger partial charge in [0.1, 0.15) is 0 Å². The largest absolute Gasteiger partial charge is 0.394 e. The van der Waals surface area contributed by atoms with Crippen LogP contribution in [0.1, 0.15) is 52.4 Å². The molecule has 0 saturated heterocycles. The maximum absolute atomic E-state index is 9.84. The van der Waals surface area contributed by atoms with Gasteiger partial charge >= 0.3 is 0 Å². The van der Waals surface area contributed by atoms with E-state index >= 15 is 0 Å². The molecule has 0 heterocycles. The molecule has 2 nitrogen and oxygen atoms in total. The van der Waals surface area contributed by atoms with Crippen LogP contribution in [-0.2, 0) is 0 Å². The first-order valence-corrected chi connectivity index (χ1v) is 8.78. The van der Waals surface area contributed by atoms with Gasteiger partial charge in [0.2, 0.25) is 0 Å². The van der Waals surface area contributed by atoms with E-state index in [-0.39, 0.29) is 5.54 Å². The third-order valence-corrected chi connectivity index (χ3v) is 5.80. The summed E-state index contributed by atoms with van der Waals surface area (Å²) in [5.74, 6) is 4.03. The second kappa shape index (κ2) is 6.62. The molecule has 0 radical (unpaired) electrons. The second-order valence-corrected chi connectivity index (χ2v) is 7.73. The Morgan fingerprint density at radius 1 is 1.33 bits per heavy atom. The number of aliphatic hydroxyl groups is 1. The monoisotopic (exact) mass is 271 g/mol. The Hall–Kier alpha value is 0.270. The van der Waals surface area contributed by atoms with Crippen molar-refractivity contribution in [1.82, 2.24) is 5.32 Å². The summed E-state index contributed by atoms with van der Waals surface area (Å²) in [6, 6.07) is 0.709. The fraction of sp³-hybridized carbons (Fsp3) is 1.00. The van der Waals surface area contributed by atoms with E-state index in [9.17, 15) is 5.11 Å². The summed E-state index contributed by atoms with van der Waals surface area (Å²) < 4.78 is 0. The van der Waals surface area contributed by atoms with Crippen LogP contribution < -0.4 is 5.32 Å². The van der Waals surface area contributed by atoms with Crippen molar-refractivity contribution in [2.75, 3.05) is 18.1 Å². The molecule has 0 bridgehead atoms. The minimum absolute atomic E-state index is 0.0690. The van der Waals surface area contributed by atoms with Gasteiger partial charge in [-0.1, -0.05) is 20.3 Å². The number of aliphatic hydroxyl groups excluding tert-OH is 1. The lowest BCUT2D eigenvalue weighted by atomic mass is 9.85. The average molecular weight is 271 g/mol. The number of hydrogen-bond acceptors (Lipinski definition) is 3. The van der Waals surface area contributed by atoms with Crippen molar-refractivity contribution in [2.45, 2.75) is 64.0 Å². The van der Waals surface area contributed by atoms with Gasteiger partial charge in [-0.15, -0.1) is 0 Å². The Kier molecular flexibility index (Phi) is 5.40. The van der Waals surface area contributed by atoms with Gasteiger partial charge in [0.05, 0.1) is 6.61 Å². The molecule has 0 aromatic carbocycles. The summed E-state index contributed by atoms with van der Waals surface area (Å²) in [6.07, 6.45) is 7.69. The predicted octanol–water partition coefficient (Wildman–Crippen LogP) is 3.05. The summed E-state index contributed by atoms with van der Waals surface area (Å²) in [5.41, 5.74) is 0.0690. The standard InChI is InChI=1S/C15H29NOS/c1-12(2)10-18-9-7-13-4-3-8-15(13,11-17)16-14-5-6-14/h12-14,16-17H,3-11H2,1-2H3. The van der Waals surface area contributed by atoms with Crippen LogP contribution in [0.3, 0.4) is 0 Å². The molecule has 0 aromatic heterocycles. The summed E-state index contributed by atoms with van der Waals surface area (Å²) in [6.45, 7) is 4.91. The van der Waals surface area contributed by atoms with E-state index in [1.807, 2.05) is 0 Å². The lowest BCUT2D eigenvalue weighted by molar-refractivity contribution is 0.120.